The summed E-state index contributed by atoms with van der Waals surface area (Å²) in [5.74, 6) is 0. The molecule has 0 saturated carbocycles. The van der Waals surface area contributed by atoms with Crippen LogP contribution >= 0.6 is 7.82 Å². The largest absolute Gasteiger partial charge is 0.472 e. The molecule has 0 rings (SSSR count). The molecule has 5 nitrogen and oxygen atoms in total. The quantitative estimate of drug-likeness (QED) is 0.0789. The van der Waals surface area contributed by atoms with Gasteiger partial charge in [-0.2, -0.15) is 0 Å². The molecule has 0 heterocycles. The van der Waals surface area contributed by atoms with Crippen LogP contribution in [0.2, 0.25) is 0 Å². The lowest BCUT2D eigenvalue weighted by Crippen LogP contribution is -2.18. The number of hydrogen-bond donors (Lipinski definition) is 1. The van der Waals surface area contributed by atoms with Gasteiger partial charge in [0, 0.05) is 0 Å². The summed E-state index contributed by atoms with van der Waals surface area (Å²) >= 11 is 0. The average Bonchev–Trinajstić information content (AvgIpc) is 2.75. The van der Waals surface area contributed by atoms with Gasteiger partial charge < -0.3 is 9.79 Å². The number of phosphoric ester groups is 1. The van der Waals surface area contributed by atoms with E-state index in [-0.39, 0.29) is 6.10 Å². The van der Waals surface area contributed by atoms with Crippen LogP contribution in [-0.2, 0) is 13.6 Å². The van der Waals surface area contributed by atoms with E-state index in [0.29, 0.717) is 6.61 Å². The van der Waals surface area contributed by atoms with E-state index in [2.05, 4.69) is 30.9 Å². The Morgan fingerprint density at radius 3 is 1.85 bits per heavy atom. The first kappa shape index (κ1) is 32.8. The van der Waals surface area contributed by atoms with Crippen molar-refractivity contribution in [2.75, 3.05) is 27.2 Å². The Labute approximate surface area is 206 Å². The van der Waals surface area contributed by atoms with Gasteiger partial charge in [-0.25, -0.2) is 4.57 Å². The SMILES string of the molecule is CCCCCCCC/C=C\CCCCCCCCOP(=O)(O)OC(CCC)CCCN(C)C. The molecular weight excluding hydrogens is 433 g/mol. The number of hydrogen-bond acceptors (Lipinski definition) is 4. The fraction of sp³-hybridized carbons (Fsp3) is 0.926. The Hall–Kier alpha value is -0.190. The van der Waals surface area contributed by atoms with Crippen molar-refractivity contribution in [2.24, 2.45) is 0 Å². The minimum atomic E-state index is -3.95. The predicted octanol–water partition coefficient (Wildman–Crippen LogP) is 8.67. The highest BCUT2D eigenvalue weighted by Gasteiger charge is 2.25. The van der Waals surface area contributed by atoms with Crippen molar-refractivity contribution >= 4 is 7.82 Å². The fourth-order valence-corrected chi connectivity index (χ4v) is 4.96. The molecule has 0 saturated heterocycles. The average molecular weight is 490 g/mol. The van der Waals surface area contributed by atoms with E-state index in [0.717, 1.165) is 51.5 Å². The Morgan fingerprint density at radius 1 is 0.758 bits per heavy atom. The molecule has 6 heteroatoms. The van der Waals surface area contributed by atoms with Crippen molar-refractivity contribution in [3.8, 4) is 0 Å². The monoisotopic (exact) mass is 489 g/mol. The van der Waals surface area contributed by atoms with Gasteiger partial charge >= 0.3 is 7.82 Å². The van der Waals surface area contributed by atoms with Gasteiger partial charge in [-0.05, 0) is 72.0 Å². The minimum Gasteiger partial charge on any atom is -0.309 e. The summed E-state index contributed by atoms with van der Waals surface area (Å²) in [7, 11) is 0.112. The molecule has 33 heavy (non-hydrogen) atoms. The Kier molecular flexibility index (Phi) is 23.4. The normalized spacial score (nSPS) is 14.8. The molecular formula is C27H56NO4P. The van der Waals surface area contributed by atoms with Crippen LogP contribution in [0.1, 0.15) is 129 Å². The second-order valence-corrected chi connectivity index (χ2v) is 11.1. The molecule has 0 spiro atoms. The topological polar surface area (TPSA) is 59.0 Å². The third-order valence-electron chi connectivity index (χ3n) is 5.93. The Balaban J connectivity index is 3.62. The predicted molar refractivity (Wildman–Crippen MR) is 143 cm³/mol. The molecule has 0 amide bonds. The first-order chi connectivity index (χ1) is 15.9. The molecule has 198 valence electrons. The molecule has 0 aromatic rings. The maximum absolute atomic E-state index is 12.3. The standard InChI is InChI=1S/C27H56NO4P/c1-5-7-8-9-10-11-12-13-14-15-16-17-18-19-20-21-26-31-33(29,30)32-27(23-6-2)24-22-25-28(3)4/h13-14,27H,5-12,15-26H2,1-4H3,(H,29,30)/b14-13-. The van der Waals surface area contributed by atoms with Gasteiger partial charge in [0.15, 0.2) is 0 Å². The third-order valence-corrected chi connectivity index (χ3v) is 7.01. The summed E-state index contributed by atoms with van der Waals surface area (Å²) in [6, 6.07) is 0. The molecule has 0 aliphatic carbocycles. The molecule has 0 fully saturated rings. The van der Waals surface area contributed by atoms with Crippen molar-refractivity contribution in [3.63, 3.8) is 0 Å². The molecule has 0 bridgehead atoms. The zero-order valence-electron chi connectivity index (χ0n) is 22.4. The summed E-state index contributed by atoms with van der Waals surface area (Å²) in [6.07, 6.45) is 25.4. The first-order valence-corrected chi connectivity index (χ1v) is 15.4. The lowest BCUT2D eigenvalue weighted by molar-refractivity contribution is 0.0905. The Morgan fingerprint density at radius 2 is 1.30 bits per heavy atom. The van der Waals surface area contributed by atoms with Crippen LogP contribution in [0.5, 0.6) is 0 Å². The van der Waals surface area contributed by atoms with Gasteiger partial charge in [-0.15, -0.1) is 0 Å². The number of allylic oxidation sites excluding steroid dienone is 2. The van der Waals surface area contributed by atoms with Crippen molar-refractivity contribution < 1.29 is 18.5 Å². The van der Waals surface area contributed by atoms with Crippen molar-refractivity contribution in [2.45, 2.75) is 136 Å². The van der Waals surface area contributed by atoms with E-state index in [9.17, 15) is 9.46 Å². The zero-order valence-corrected chi connectivity index (χ0v) is 23.3. The summed E-state index contributed by atoms with van der Waals surface area (Å²) < 4.78 is 22.9. The van der Waals surface area contributed by atoms with E-state index >= 15 is 0 Å². The maximum atomic E-state index is 12.3. The van der Waals surface area contributed by atoms with E-state index in [1.165, 1.54) is 70.6 Å². The Bertz CT molecular complexity index is 485. The number of phosphoric acid groups is 1. The molecule has 1 N–H and O–H groups in total. The second kappa shape index (κ2) is 23.5. The number of nitrogens with zero attached hydrogens (tertiary/aromatic N) is 1. The second-order valence-electron chi connectivity index (χ2n) is 9.70. The van der Waals surface area contributed by atoms with Crippen LogP contribution in [0, 0.1) is 0 Å². The van der Waals surface area contributed by atoms with Crippen molar-refractivity contribution in [1.29, 1.82) is 0 Å². The van der Waals surface area contributed by atoms with Crippen LogP contribution in [0.15, 0.2) is 12.2 Å². The van der Waals surface area contributed by atoms with Gasteiger partial charge in [0.25, 0.3) is 0 Å². The molecule has 0 aromatic heterocycles. The molecule has 0 aliphatic rings. The highest BCUT2D eigenvalue weighted by Crippen LogP contribution is 2.46. The lowest BCUT2D eigenvalue weighted by atomic mass is 10.1. The maximum Gasteiger partial charge on any atom is 0.472 e. The van der Waals surface area contributed by atoms with E-state index in [4.69, 9.17) is 9.05 Å². The lowest BCUT2D eigenvalue weighted by Gasteiger charge is -2.21. The van der Waals surface area contributed by atoms with Gasteiger partial charge in [0.1, 0.15) is 0 Å². The summed E-state index contributed by atoms with van der Waals surface area (Å²) in [6.45, 7) is 5.58. The molecule has 0 radical (unpaired) electrons. The third kappa shape index (κ3) is 24.7. The van der Waals surface area contributed by atoms with E-state index in [1.54, 1.807) is 0 Å². The highest BCUT2D eigenvalue weighted by molar-refractivity contribution is 7.47. The summed E-state index contributed by atoms with van der Waals surface area (Å²) in [5, 5.41) is 0. The fourth-order valence-electron chi connectivity index (χ4n) is 3.96. The number of rotatable bonds is 25. The van der Waals surface area contributed by atoms with Crippen molar-refractivity contribution in [1.82, 2.24) is 4.90 Å². The van der Waals surface area contributed by atoms with Crippen molar-refractivity contribution in [3.05, 3.63) is 12.2 Å². The zero-order chi connectivity index (χ0) is 24.6. The van der Waals surface area contributed by atoms with Gasteiger partial charge in [0.2, 0.25) is 0 Å². The number of unbranched alkanes of at least 4 members (excludes halogenated alkanes) is 12. The van der Waals surface area contributed by atoms with E-state index < -0.39 is 7.82 Å². The first-order valence-electron chi connectivity index (χ1n) is 13.9. The summed E-state index contributed by atoms with van der Waals surface area (Å²) in [5.41, 5.74) is 0. The van der Waals surface area contributed by atoms with Crippen LogP contribution in [0.3, 0.4) is 0 Å². The highest BCUT2D eigenvalue weighted by atomic mass is 31.2. The van der Waals surface area contributed by atoms with Gasteiger partial charge in [-0.3, -0.25) is 9.05 Å². The molecule has 0 aliphatic heterocycles. The smallest absolute Gasteiger partial charge is 0.309 e. The van der Waals surface area contributed by atoms with Crippen LogP contribution in [-0.4, -0.2) is 43.1 Å². The molecule has 2 atom stereocenters. The van der Waals surface area contributed by atoms with Crippen LogP contribution in [0.4, 0.5) is 0 Å². The molecule has 2 unspecified atom stereocenters. The van der Waals surface area contributed by atoms with Crippen LogP contribution in [0.25, 0.3) is 0 Å². The van der Waals surface area contributed by atoms with Gasteiger partial charge in [0.05, 0.1) is 12.7 Å². The molecule has 0 aromatic carbocycles. The minimum absolute atomic E-state index is 0.203. The van der Waals surface area contributed by atoms with E-state index in [1.807, 2.05) is 14.1 Å². The summed E-state index contributed by atoms with van der Waals surface area (Å²) in [4.78, 5) is 12.2. The van der Waals surface area contributed by atoms with Crippen LogP contribution < -0.4 is 0 Å². The van der Waals surface area contributed by atoms with Gasteiger partial charge in [-0.1, -0.05) is 90.2 Å².